The first kappa shape index (κ1) is 9.73. The van der Waals surface area contributed by atoms with E-state index in [4.69, 9.17) is 17.3 Å². The van der Waals surface area contributed by atoms with Gasteiger partial charge in [-0.05, 0) is 6.07 Å². The van der Waals surface area contributed by atoms with Crippen LogP contribution in [0.25, 0.3) is 10.9 Å². The molecular weight excluding hydrogens is 216 g/mol. The third-order valence-corrected chi connectivity index (χ3v) is 2.45. The third kappa shape index (κ3) is 1.49. The molecule has 0 spiro atoms. The fourth-order valence-corrected chi connectivity index (χ4v) is 1.67. The maximum Gasteiger partial charge on any atom is 0.289 e. The van der Waals surface area contributed by atoms with Crippen LogP contribution in [0.15, 0.2) is 24.4 Å². The van der Waals surface area contributed by atoms with Gasteiger partial charge >= 0.3 is 0 Å². The zero-order chi connectivity index (χ0) is 11.0. The monoisotopic (exact) mass is 222 g/mol. The average molecular weight is 223 g/mol. The van der Waals surface area contributed by atoms with Gasteiger partial charge in [0.1, 0.15) is 0 Å². The van der Waals surface area contributed by atoms with Crippen LogP contribution in [-0.4, -0.2) is 16.7 Å². The maximum absolute atomic E-state index is 11.4. The van der Waals surface area contributed by atoms with Crippen molar-refractivity contribution >= 4 is 34.2 Å². The lowest BCUT2D eigenvalue weighted by Crippen LogP contribution is -2.22. The predicted molar refractivity (Wildman–Crippen MR) is 56.8 cm³/mol. The first-order chi connectivity index (χ1) is 7.11. The Kier molecular flexibility index (Phi) is 2.21. The van der Waals surface area contributed by atoms with Crippen molar-refractivity contribution in [2.75, 3.05) is 0 Å². The van der Waals surface area contributed by atoms with Gasteiger partial charge in [0.25, 0.3) is 11.7 Å². The van der Waals surface area contributed by atoms with E-state index in [9.17, 15) is 9.59 Å². The number of para-hydroxylation sites is 1. The minimum atomic E-state index is -0.976. The molecule has 76 valence electrons. The minimum absolute atomic E-state index is 0.250. The summed E-state index contributed by atoms with van der Waals surface area (Å²) in [5, 5.41) is 1.10. The van der Waals surface area contributed by atoms with E-state index in [0.29, 0.717) is 15.9 Å². The summed E-state index contributed by atoms with van der Waals surface area (Å²) in [5.41, 5.74) is 5.80. The molecule has 0 unspecified atom stereocenters. The molecule has 1 aromatic heterocycles. The Balaban J connectivity index is 2.69. The Labute approximate surface area is 90.0 Å². The van der Waals surface area contributed by atoms with Gasteiger partial charge in [0.2, 0.25) is 0 Å². The highest BCUT2D eigenvalue weighted by Gasteiger charge is 2.17. The van der Waals surface area contributed by atoms with Gasteiger partial charge in [-0.3, -0.25) is 9.59 Å². The van der Waals surface area contributed by atoms with Crippen molar-refractivity contribution < 1.29 is 9.59 Å². The zero-order valence-electron chi connectivity index (χ0n) is 7.58. The smallest absolute Gasteiger partial charge is 0.289 e. The largest absolute Gasteiger partial charge is 0.363 e. The van der Waals surface area contributed by atoms with Crippen LogP contribution in [0, 0.1) is 0 Å². The highest BCUT2D eigenvalue weighted by molar-refractivity contribution is 6.45. The number of benzene rings is 1. The summed E-state index contributed by atoms with van der Waals surface area (Å²) >= 11 is 5.90. The molecule has 2 rings (SSSR count). The molecule has 3 N–H and O–H groups in total. The van der Waals surface area contributed by atoms with Gasteiger partial charge in [0.05, 0.1) is 16.1 Å². The van der Waals surface area contributed by atoms with Gasteiger partial charge in [0, 0.05) is 11.6 Å². The molecule has 1 aromatic carbocycles. The van der Waals surface area contributed by atoms with Crippen LogP contribution in [0.5, 0.6) is 0 Å². The molecule has 4 nitrogen and oxygen atoms in total. The number of aromatic amines is 1. The second-order valence-electron chi connectivity index (χ2n) is 3.06. The first-order valence-electron chi connectivity index (χ1n) is 4.21. The summed E-state index contributed by atoms with van der Waals surface area (Å²) in [7, 11) is 0. The number of Topliss-reactive ketones (excluding diaryl/α,β-unsaturated/α-hetero) is 1. The van der Waals surface area contributed by atoms with Crippen LogP contribution in [0.2, 0.25) is 5.02 Å². The fourth-order valence-electron chi connectivity index (χ4n) is 1.44. The maximum atomic E-state index is 11.4. The van der Waals surface area contributed by atoms with Crippen molar-refractivity contribution in [1.29, 1.82) is 0 Å². The first-order valence-corrected chi connectivity index (χ1v) is 4.59. The molecule has 0 saturated heterocycles. The van der Waals surface area contributed by atoms with Crippen LogP contribution >= 0.6 is 11.6 Å². The molecule has 0 radical (unpaired) electrons. The van der Waals surface area contributed by atoms with Crippen LogP contribution < -0.4 is 5.73 Å². The second kappa shape index (κ2) is 3.40. The summed E-state index contributed by atoms with van der Waals surface area (Å²) < 4.78 is 0. The van der Waals surface area contributed by atoms with Gasteiger partial charge in [-0.15, -0.1) is 0 Å². The molecule has 15 heavy (non-hydrogen) atoms. The average Bonchev–Trinajstić information content (AvgIpc) is 2.61. The van der Waals surface area contributed by atoms with E-state index in [0.717, 1.165) is 0 Å². The predicted octanol–water partition coefficient (Wildman–Crippen LogP) is 1.49. The van der Waals surface area contributed by atoms with E-state index < -0.39 is 11.7 Å². The number of hydrogen-bond donors (Lipinski definition) is 2. The number of hydrogen-bond acceptors (Lipinski definition) is 2. The second-order valence-corrected chi connectivity index (χ2v) is 3.47. The number of H-pyrrole nitrogens is 1. The van der Waals surface area contributed by atoms with Crippen LogP contribution in [0.3, 0.4) is 0 Å². The minimum Gasteiger partial charge on any atom is -0.363 e. The van der Waals surface area contributed by atoms with Crippen molar-refractivity contribution in [3.05, 3.63) is 35.0 Å². The summed E-state index contributed by atoms with van der Waals surface area (Å²) in [6, 6.07) is 5.10. The Hall–Kier alpha value is -1.81. The highest BCUT2D eigenvalue weighted by Crippen LogP contribution is 2.25. The molecular formula is C10H7ClN2O2. The molecule has 0 aliphatic heterocycles. The number of ketones is 1. The molecule has 5 heteroatoms. The highest BCUT2D eigenvalue weighted by atomic mass is 35.5. The summed E-state index contributed by atoms with van der Waals surface area (Å²) in [6.07, 6.45) is 1.43. The summed E-state index contributed by atoms with van der Waals surface area (Å²) in [5.74, 6) is -1.70. The van der Waals surface area contributed by atoms with Crippen molar-refractivity contribution in [2.24, 2.45) is 5.73 Å². The standard InChI is InChI=1S/C10H7ClN2O2/c11-7-3-1-2-5-6(4-13-8(5)7)9(14)10(12)15/h1-4,13H,(H2,12,15). The van der Waals surface area contributed by atoms with Crippen molar-refractivity contribution in [3.8, 4) is 0 Å². The molecule has 0 aliphatic rings. The van der Waals surface area contributed by atoms with Crippen molar-refractivity contribution in [3.63, 3.8) is 0 Å². The zero-order valence-corrected chi connectivity index (χ0v) is 8.34. The topological polar surface area (TPSA) is 76.0 Å². The van der Waals surface area contributed by atoms with E-state index >= 15 is 0 Å². The molecule has 0 bridgehead atoms. The molecule has 1 amide bonds. The Morgan fingerprint density at radius 3 is 2.73 bits per heavy atom. The SMILES string of the molecule is NC(=O)C(=O)c1c[nH]c2c(Cl)cccc12. The van der Waals surface area contributed by atoms with E-state index in [1.165, 1.54) is 6.20 Å². The van der Waals surface area contributed by atoms with E-state index in [2.05, 4.69) is 4.98 Å². The number of nitrogens with two attached hydrogens (primary N) is 1. The van der Waals surface area contributed by atoms with E-state index in [-0.39, 0.29) is 5.56 Å². The summed E-state index contributed by atoms with van der Waals surface area (Å²) in [4.78, 5) is 25.0. The van der Waals surface area contributed by atoms with Gasteiger partial charge in [-0.1, -0.05) is 23.7 Å². The molecule has 0 atom stereocenters. The van der Waals surface area contributed by atoms with Crippen LogP contribution in [0.4, 0.5) is 0 Å². The number of amides is 1. The summed E-state index contributed by atoms with van der Waals surface area (Å²) in [6.45, 7) is 0. The number of fused-ring (bicyclic) bond motifs is 1. The van der Waals surface area contributed by atoms with Gasteiger partial charge in [-0.2, -0.15) is 0 Å². The van der Waals surface area contributed by atoms with Crippen molar-refractivity contribution in [1.82, 2.24) is 4.98 Å². The lowest BCUT2D eigenvalue weighted by atomic mass is 10.1. The Morgan fingerprint density at radius 1 is 1.33 bits per heavy atom. The lowest BCUT2D eigenvalue weighted by Gasteiger charge is -1.95. The molecule has 2 aromatic rings. The van der Waals surface area contributed by atoms with Crippen LogP contribution in [0.1, 0.15) is 10.4 Å². The van der Waals surface area contributed by atoms with Gasteiger partial charge in [0.15, 0.2) is 0 Å². The Bertz CT molecular complexity index is 560. The van der Waals surface area contributed by atoms with Gasteiger partial charge in [-0.25, -0.2) is 0 Å². The molecule has 0 fully saturated rings. The van der Waals surface area contributed by atoms with Gasteiger partial charge < -0.3 is 10.7 Å². The molecule has 0 saturated carbocycles. The van der Waals surface area contributed by atoms with Crippen LogP contribution in [-0.2, 0) is 4.79 Å². The number of halogens is 1. The Morgan fingerprint density at radius 2 is 2.07 bits per heavy atom. The number of aromatic nitrogens is 1. The fraction of sp³-hybridized carbons (Fsp3) is 0. The number of carbonyl (C=O) groups is 2. The number of carbonyl (C=O) groups excluding carboxylic acids is 2. The molecule has 1 heterocycles. The van der Waals surface area contributed by atoms with Crippen molar-refractivity contribution in [2.45, 2.75) is 0 Å². The van der Waals surface area contributed by atoms with E-state index in [1.807, 2.05) is 0 Å². The molecule has 0 aliphatic carbocycles. The number of rotatable bonds is 2. The third-order valence-electron chi connectivity index (χ3n) is 2.13. The quantitative estimate of drug-likeness (QED) is 0.597. The number of primary amides is 1. The normalized spacial score (nSPS) is 10.5. The lowest BCUT2D eigenvalue weighted by molar-refractivity contribution is -0.114. The number of nitrogens with one attached hydrogen (secondary N) is 1. The van der Waals surface area contributed by atoms with E-state index in [1.54, 1.807) is 18.2 Å².